The first kappa shape index (κ1) is 23.7. The third-order valence-electron chi connectivity index (χ3n) is 7.46. The lowest BCUT2D eigenvalue weighted by Gasteiger charge is -2.31. The van der Waals surface area contributed by atoms with Gasteiger partial charge in [-0.25, -0.2) is 9.97 Å². The number of hydrogen-bond acceptors (Lipinski definition) is 7. The van der Waals surface area contributed by atoms with E-state index >= 15 is 0 Å². The second-order valence-electron chi connectivity index (χ2n) is 11.2. The van der Waals surface area contributed by atoms with Crippen LogP contribution >= 0.6 is 22.7 Å². The number of thiophene rings is 2. The minimum absolute atomic E-state index is 0.0738. The monoisotopic (exact) mass is 537 g/mol. The zero-order valence-corrected chi connectivity index (χ0v) is 23.8. The minimum atomic E-state index is -0.468. The molecular formula is C31H27N3O2S2. The molecule has 7 rings (SSSR count). The normalized spacial score (nSPS) is 15.0. The van der Waals surface area contributed by atoms with Crippen LogP contribution in [0.4, 0.5) is 0 Å². The lowest BCUT2D eigenvalue weighted by Crippen LogP contribution is -2.27. The van der Waals surface area contributed by atoms with Crippen molar-refractivity contribution in [1.29, 1.82) is 0 Å². The fourth-order valence-electron chi connectivity index (χ4n) is 5.39. The minimum Gasteiger partial charge on any atom is -0.482 e. The molecule has 0 spiro atoms. The molecule has 2 aliphatic rings. The first-order valence-corrected chi connectivity index (χ1v) is 14.6. The lowest BCUT2D eigenvalue weighted by atomic mass is 9.94. The van der Waals surface area contributed by atoms with Gasteiger partial charge in [0.25, 0.3) is 0 Å². The van der Waals surface area contributed by atoms with Crippen LogP contribution in [0.5, 0.6) is 5.75 Å². The van der Waals surface area contributed by atoms with E-state index in [9.17, 15) is 4.79 Å². The van der Waals surface area contributed by atoms with E-state index in [2.05, 4.69) is 53.7 Å². The summed E-state index contributed by atoms with van der Waals surface area (Å²) >= 11 is 3.53. The van der Waals surface area contributed by atoms with E-state index in [1.165, 1.54) is 14.6 Å². The van der Waals surface area contributed by atoms with Crippen molar-refractivity contribution in [3.8, 4) is 37.3 Å². The molecule has 0 N–H and O–H groups in total. The quantitative estimate of drug-likeness (QED) is 0.226. The summed E-state index contributed by atoms with van der Waals surface area (Å²) in [6.07, 6.45) is 1.93. The molecule has 0 unspecified atom stereocenters. The standard InChI is InChI=1S/C31H27N3O2S2/c1-14(2)18-13-32-25(26-24(18)33-23-16-9-7-8-10-17(16)28(35)27(23)34-26)22-11-19-29(38-22)30-20(36-31(19,5)6)12-21(37-30)15(3)4/h7-15H,1-6H3. The highest BCUT2D eigenvalue weighted by atomic mass is 32.1. The summed E-state index contributed by atoms with van der Waals surface area (Å²) in [7, 11) is 0. The number of carbonyl (C=O) groups excluding carboxylic acids is 1. The summed E-state index contributed by atoms with van der Waals surface area (Å²) in [5, 5.41) is 0. The van der Waals surface area contributed by atoms with Gasteiger partial charge in [-0.1, -0.05) is 52.0 Å². The van der Waals surface area contributed by atoms with Gasteiger partial charge in [0.1, 0.15) is 33.9 Å². The predicted molar refractivity (Wildman–Crippen MR) is 155 cm³/mol. The third-order valence-corrected chi connectivity index (χ3v) is 10.2. The maximum Gasteiger partial charge on any atom is 0.214 e. The number of pyridine rings is 1. The van der Waals surface area contributed by atoms with Gasteiger partial charge in [0.05, 0.1) is 20.1 Å². The number of carbonyl (C=O) groups is 1. The molecule has 0 bridgehead atoms. The zero-order valence-electron chi connectivity index (χ0n) is 22.2. The van der Waals surface area contributed by atoms with Crippen molar-refractivity contribution >= 4 is 39.5 Å². The zero-order chi connectivity index (χ0) is 26.5. The Bertz CT molecular complexity index is 1810. The molecule has 190 valence electrons. The van der Waals surface area contributed by atoms with Crippen molar-refractivity contribution in [3.05, 3.63) is 69.9 Å². The van der Waals surface area contributed by atoms with Crippen molar-refractivity contribution in [2.75, 3.05) is 0 Å². The van der Waals surface area contributed by atoms with Crippen molar-refractivity contribution in [1.82, 2.24) is 15.0 Å². The van der Waals surface area contributed by atoms with Gasteiger partial charge in [0.2, 0.25) is 5.78 Å². The first-order valence-electron chi connectivity index (χ1n) is 13.0. The molecule has 5 heterocycles. The Hall–Kier alpha value is -3.42. The summed E-state index contributed by atoms with van der Waals surface area (Å²) in [5.74, 6) is 1.54. The van der Waals surface area contributed by atoms with Crippen LogP contribution in [-0.2, 0) is 5.60 Å². The van der Waals surface area contributed by atoms with Crippen molar-refractivity contribution < 1.29 is 9.53 Å². The number of ketones is 1. The molecule has 1 aliphatic heterocycles. The highest BCUT2D eigenvalue weighted by molar-refractivity contribution is 7.24. The summed E-state index contributed by atoms with van der Waals surface area (Å²) in [6.45, 7) is 12.9. The molecule has 0 saturated heterocycles. The number of ether oxygens (including phenoxy) is 1. The second kappa shape index (κ2) is 8.04. The Balaban J connectivity index is 1.48. The van der Waals surface area contributed by atoms with E-state index in [-0.39, 0.29) is 11.7 Å². The molecule has 4 aromatic heterocycles. The highest BCUT2D eigenvalue weighted by Crippen LogP contribution is 2.55. The summed E-state index contributed by atoms with van der Waals surface area (Å²) in [5.41, 5.74) is 6.58. The van der Waals surface area contributed by atoms with Gasteiger partial charge in [-0.05, 0) is 37.8 Å². The van der Waals surface area contributed by atoms with Crippen molar-refractivity contribution in [2.45, 2.75) is 59.0 Å². The maximum absolute atomic E-state index is 13.3. The number of hydrogen-bond donors (Lipinski definition) is 0. The smallest absolute Gasteiger partial charge is 0.214 e. The average Bonchev–Trinajstić information content (AvgIpc) is 3.58. The maximum atomic E-state index is 13.3. The average molecular weight is 538 g/mol. The van der Waals surface area contributed by atoms with Crippen LogP contribution < -0.4 is 4.74 Å². The van der Waals surface area contributed by atoms with Gasteiger partial charge in [-0.3, -0.25) is 9.78 Å². The van der Waals surface area contributed by atoms with Crippen LogP contribution in [0.2, 0.25) is 0 Å². The van der Waals surface area contributed by atoms with E-state index in [0.717, 1.165) is 38.5 Å². The highest BCUT2D eigenvalue weighted by Gasteiger charge is 2.37. The van der Waals surface area contributed by atoms with Crippen LogP contribution in [0, 0.1) is 0 Å². The molecule has 5 nitrogen and oxygen atoms in total. The van der Waals surface area contributed by atoms with Crippen molar-refractivity contribution in [3.63, 3.8) is 0 Å². The molecule has 5 aromatic rings. The van der Waals surface area contributed by atoms with Gasteiger partial charge in [-0.15, -0.1) is 22.7 Å². The summed E-state index contributed by atoms with van der Waals surface area (Å²) in [6, 6.07) is 12.0. The number of fused-ring (bicyclic) bond motifs is 7. The molecule has 1 aromatic carbocycles. The Kier molecular flexibility index (Phi) is 5.01. The van der Waals surface area contributed by atoms with E-state index in [0.29, 0.717) is 28.4 Å². The molecule has 38 heavy (non-hydrogen) atoms. The topological polar surface area (TPSA) is 65.0 Å². The molecule has 0 atom stereocenters. The Morgan fingerprint density at radius 3 is 2.32 bits per heavy atom. The van der Waals surface area contributed by atoms with Crippen LogP contribution in [0.25, 0.3) is 42.6 Å². The molecule has 0 radical (unpaired) electrons. The van der Waals surface area contributed by atoms with Gasteiger partial charge in [-0.2, -0.15) is 0 Å². The second-order valence-corrected chi connectivity index (χ2v) is 13.3. The van der Waals surface area contributed by atoms with Crippen LogP contribution in [0.3, 0.4) is 0 Å². The van der Waals surface area contributed by atoms with Crippen LogP contribution in [0.15, 0.2) is 42.6 Å². The molecule has 0 fully saturated rings. The SMILES string of the molecule is CC(C)c1cc2c(s1)-c1sc(-c3ncc(C(C)C)c4nc5c(nc34)C(=O)c3ccccc3-5)cc1C(C)(C)O2. The van der Waals surface area contributed by atoms with Gasteiger partial charge in [0.15, 0.2) is 0 Å². The first-order chi connectivity index (χ1) is 18.1. The Labute approximate surface area is 229 Å². The van der Waals surface area contributed by atoms with Gasteiger partial charge in [0, 0.05) is 33.3 Å². The fraction of sp³-hybridized carbons (Fsp3) is 0.290. The van der Waals surface area contributed by atoms with E-state index in [1.807, 2.05) is 41.8 Å². The summed E-state index contributed by atoms with van der Waals surface area (Å²) < 4.78 is 6.50. The van der Waals surface area contributed by atoms with Gasteiger partial charge >= 0.3 is 0 Å². The molecule has 0 saturated carbocycles. The largest absolute Gasteiger partial charge is 0.482 e. The fourth-order valence-corrected chi connectivity index (χ4v) is 7.93. The summed E-state index contributed by atoms with van der Waals surface area (Å²) in [4.78, 5) is 33.0. The number of benzene rings is 1. The Morgan fingerprint density at radius 2 is 1.58 bits per heavy atom. The number of nitrogens with zero attached hydrogens (tertiary/aromatic N) is 3. The van der Waals surface area contributed by atoms with E-state index in [1.54, 1.807) is 11.3 Å². The Morgan fingerprint density at radius 1 is 0.842 bits per heavy atom. The van der Waals surface area contributed by atoms with Gasteiger partial charge < -0.3 is 4.74 Å². The molecule has 7 heteroatoms. The van der Waals surface area contributed by atoms with E-state index in [4.69, 9.17) is 19.7 Å². The predicted octanol–water partition coefficient (Wildman–Crippen LogP) is 8.57. The van der Waals surface area contributed by atoms with Crippen molar-refractivity contribution in [2.24, 2.45) is 0 Å². The van der Waals surface area contributed by atoms with Crippen LogP contribution in [-0.4, -0.2) is 20.7 Å². The van der Waals surface area contributed by atoms with E-state index < -0.39 is 5.60 Å². The lowest BCUT2D eigenvalue weighted by molar-refractivity contribution is 0.103. The molecular weight excluding hydrogens is 510 g/mol. The van der Waals surface area contributed by atoms with Crippen LogP contribution in [0.1, 0.15) is 85.4 Å². The molecule has 0 amide bonds. The third kappa shape index (κ3) is 3.28. The number of aromatic nitrogens is 3. The number of rotatable bonds is 3. The molecule has 1 aliphatic carbocycles.